The molecule has 1 rings (SSSR count). The van der Waals surface area contributed by atoms with Gasteiger partial charge < -0.3 is 9.53 Å². The van der Waals surface area contributed by atoms with Crippen molar-refractivity contribution in [3.05, 3.63) is 28.8 Å². The smallest absolute Gasteiger partial charge is 0.130 e. The zero-order valence-electron chi connectivity index (χ0n) is 8.50. The van der Waals surface area contributed by atoms with Crippen LogP contribution in [0.1, 0.15) is 19.4 Å². The molecule has 0 heterocycles. The number of methoxy groups -OCH3 is 1. The molecule has 0 aliphatic carbocycles. The minimum Gasteiger partial charge on any atom is -0.496 e. The van der Waals surface area contributed by atoms with Gasteiger partial charge in [0.05, 0.1) is 7.11 Å². The van der Waals surface area contributed by atoms with Gasteiger partial charge in [-0.3, -0.25) is 0 Å². The third-order valence-corrected chi connectivity index (χ3v) is 2.39. The molecule has 0 saturated heterocycles. The Bertz CT molecular complexity index is 345. The average Bonchev–Trinajstić information content (AvgIpc) is 2.18. The van der Waals surface area contributed by atoms with E-state index in [-0.39, 0.29) is 0 Å². The van der Waals surface area contributed by atoms with E-state index >= 15 is 0 Å². The molecule has 0 aromatic heterocycles. The second-order valence-electron chi connectivity index (χ2n) is 3.68. The Labute approximate surface area is 88.8 Å². The van der Waals surface area contributed by atoms with Crippen molar-refractivity contribution in [3.8, 4) is 5.75 Å². The Morgan fingerprint density at radius 3 is 2.57 bits per heavy atom. The maximum absolute atomic E-state index is 10.9. The minimum atomic E-state index is -0.573. The van der Waals surface area contributed by atoms with E-state index in [4.69, 9.17) is 16.3 Å². The van der Waals surface area contributed by atoms with Crippen molar-refractivity contribution in [1.29, 1.82) is 0 Å². The predicted molar refractivity (Wildman–Crippen MR) is 57.1 cm³/mol. The first-order valence-electron chi connectivity index (χ1n) is 4.31. The quantitative estimate of drug-likeness (QED) is 0.721. The van der Waals surface area contributed by atoms with E-state index in [2.05, 4.69) is 0 Å². The molecule has 0 atom stereocenters. The highest BCUT2D eigenvalue weighted by Gasteiger charge is 2.23. The molecule has 14 heavy (non-hydrogen) atoms. The highest BCUT2D eigenvalue weighted by molar-refractivity contribution is 6.30. The zero-order valence-corrected chi connectivity index (χ0v) is 9.26. The number of benzene rings is 1. The van der Waals surface area contributed by atoms with Gasteiger partial charge in [0.15, 0.2) is 0 Å². The summed E-state index contributed by atoms with van der Waals surface area (Å²) in [6, 6.07) is 5.27. The summed E-state index contributed by atoms with van der Waals surface area (Å²) < 4.78 is 5.17. The molecule has 1 aromatic rings. The van der Waals surface area contributed by atoms with Crippen molar-refractivity contribution >= 4 is 17.9 Å². The Balaban J connectivity index is 3.30. The molecule has 0 saturated carbocycles. The molecule has 0 amide bonds. The Morgan fingerprint density at radius 1 is 1.43 bits per heavy atom. The van der Waals surface area contributed by atoms with Crippen LogP contribution in [0.4, 0.5) is 0 Å². The number of halogens is 1. The number of aldehydes is 1. The first-order valence-corrected chi connectivity index (χ1v) is 4.69. The fourth-order valence-electron chi connectivity index (χ4n) is 1.25. The van der Waals surface area contributed by atoms with Crippen LogP contribution in [-0.2, 0) is 10.2 Å². The summed E-state index contributed by atoms with van der Waals surface area (Å²) in [4.78, 5) is 10.9. The van der Waals surface area contributed by atoms with E-state index in [1.165, 1.54) is 0 Å². The third-order valence-electron chi connectivity index (χ3n) is 2.15. The predicted octanol–water partition coefficient (Wildman–Crippen LogP) is 2.83. The number of hydrogen-bond acceptors (Lipinski definition) is 2. The van der Waals surface area contributed by atoms with Gasteiger partial charge in [0.25, 0.3) is 0 Å². The largest absolute Gasteiger partial charge is 0.496 e. The third kappa shape index (κ3) is 2.07. The second-order valence-corrected chi connectivity index (χ2v) is 4.12. The molecule has 1 aromatic carbocycles. The molecule has 2 nitrogen and oxygen atoms in total. The van der Waals surface area contributed by atoms with Crippen LogP contribution in [0.15, 0.2) is 18.2 Å². The molecule has 0 fully saturated rings. The summed E-state index contributed by atoms with van der Waals surface area (Å²) in [6.07, 6.45) is 0.890. The van der Waals surface area contributed by atoms with Crippen LogP contribution in [0.25, 0.3) is 0 Å². The summed E-state index contributed by atoms with van der Waals surface area (Å²) in [7, 11) is 1.58. The summed E-state index contributed by atoms with van der Waals surface area (Å²) >= 11 is 5.87. The van der Waals surface area contributed by atoms with E-state index in [9.17, 15) is 4.79 Å². The average molecular weight is 213 g/mol. The zero-order chi connectivity index (χ0) is 10.8. The molecular formula is C11H13ClO2. The van der Waals surface area contributed by atoms with Crippen LogP contribution < -0.4 is 4.74 Å². The molecule has 0 aliphatic rings. The SMILES string of the molecule is COc1ccc(Cl)cc1C(C)(C)C=O. The number of carbonyl (C=O) groups is 1. The van der Waals surface area contributed by atoms with Crippen LogP contribution in [-0.4, -0.2) is 13.4 Å². The number of carbonyl (C=O) groups excluding carboxylic acids is 1. The first kappa shape index (κ1) is 11.1. The standard InChI is InChI=1S/C11H13ClO2/c1-11(2,7-13)9-6-8(12)4-5-10(9)14-3/h4-7H,1-3H3. The van der Waals surface area contributed by atoms with Crippen LogP contribution in [0.3, 0.4) is 0 Å². The molecule has 0 N–H and O–H groups in total. The Kier molecular flexibility index (Phi) is 3.17. The molecule has 0 spiro atoms. The number of hydrogen-bond donors (Lipinski definition) is 0. The maximum Gasteiger partial charge on any atom is 0.130 e. The van der Waals surface area contributed by atoms with Gasteiger partial charge in [0, 0.05) is 16.0 Å². The maximum atomic E-state index is 10.9. The van der Waals surface area contributed by atoms with Gasteiger partial charge >= 0.3 is 0 Å². The van der Waals surface area contributed by atoms with Gasteiger partial charge in [-0.1, -0.05) is 11.6 Å². The molecule has 0 unspecified atom stereocenters. The van der Waals surface area contributed by atoms with Crippen molar-refractivity contribution in [2.45, 2.75) is 19.3 Å². The highest BCUT2D eigenvalue weighted by Crippen LogP contribution is 2.32. The Morgan fingerprint density at radius 2 is 2.07 bits per heavy atom. The van der Waals surface area contributed by atoms with Crippen molar-refractivity contribution in [1.82, 2.24) is 0 Å². The van der Waals surface area contributed by atoms with E-state index in [0.29, 0.717) is 10.8 Å². The van der Waals surface area contributed by atoms with Crippen LogP contribution in [0, 0.1) is 0 Å². The topological polar surface area (TPSA) is 26.3 Å². The van der Waals surface area contributed by atoms with Gasteiger partial charge in [0.1, 0.15) is 12.0 Å². The summed E-state index contributed by atoms with van der Waals surface area (Å²) in [5.74, 6) is 0.687. The Hall–Kier alpha value is -1.02. The lowest BCUT2D eigenvalue weighted by atomic mass is 9.86. The molecule has 76 valence electrons. The van der Waals surface area contributed by atoms with E-state index in [1.54, 1.807) is 25.3 Å². The number of rotatable bonds is 3. The summed E-state index contributed by atoms with van der Waals surface area (Å²) in [5, 5.41) is 0.607. The molecule has 0 aliphatic heterocycles. The lowest BCUT2D eigenvalue weighted by Crippen LogP contribution is -2.19. The lowest BCUT2D eigenvalue weighted by Gasteiger charge is -2.20. The van der Waals surface area contributed by atoms with Crippen molar-refractivity contribution < 1.29 is 9.53 Å². The monoisotopic (exact) mass is 212 g/mol. The lowest BCUT2D eigenvalue weighted by molar-refractivity contribution is -0.111. The van der Waals surface area contributed by atoms with Crippen LogP contribution in [0.2, 0.25) is 5.02 Å². The normalized spacial score (nSPS) is 11.1. The molecule has 0 radical (unpaired) electrons. The van der Waals surface area contributed by atoms with Gasteiger partial charge in [0.2, 0.25) is 0 Å². The van der Waals surface area contributed by atoms with Gasteiger partial charge in [-0.15, -0.1) is 0 Å². The van der Waals surface area contributed by atoms with Crippen molar-refractivity contribution in [2.75, 3.05) is 7.11 Å². The van der Waals surface area contributed by atoms with Gasteiger partial charge in [-0.2, -0.15) is 0 Å². The molecular weight excluding hydrogens is 200 g/mol. The van der Waals surface area contributed by atoms with Crippen LogP contribution >= 0.6 is 11.6 Å². The van der Waals surface area contributed by atoms with E-state index < -0.39 is 5.41 Å². The molecule has 3 heteroatoms. The fourth-order valence-corrected chi connectivity index (χ4v) is 1.42. The van der Waals surface area contributed by atoms with Gasteiger partial charge in [-0.25, -0.2) is 0 Å². The highest BCUT2D eigenvalue weighted by atomic mass is 35.5. The minimum absolute atomic E-state index is 0.573. The van der Waals surface area contributed by atoms with Crippen molar-refractivity contribution in [3.63, 3.8) is 0 Å². The van der Waals surface area contributed by atoms with E-state index in [0.717, 1.165) is 11.8 Å². The van der Waals surface area contributed by atoms with Crippen LogP contribution in [0.5, 0.6) is 5.75 Å². The summed E-state index contributed by atoms with van der Waals surface area (Å²) in [5.41, 5.74) is 0.235. The second kappa shape index (κ2) is 4.01. The first-order chi connectivity index (χ1) is 6.51. The summed E-state index contributed by atoms with van der Waals surface area (Å²) in [6.45, 7) is 3.66. The number of ether oxygens (including phenoxy) is 1. The van der Waals surface area contributed by atoms with Crippen molar-refractivity contribution in [2.24, 2.45) is 0 Å². The molecule has 0 bridgehead atoms. The van der Waals surface area contributed by atoms with E-state index in [1.807, 2.05) is 13.8 Å². The fraction of sp³-hybridized carbons (Fsp3) is 0.364. The van der Waals surface area contributed by atoms with Gasteiger partial charge in [-0.05, 0) is 32.0 Å².